The summed E-state index contributed by atoms with van der Waals surface area (Å²) in [5.74, 6) is -0.393. The highest BCUT2D eigenvalue weighted by Gasteiger charge is 2.44. The van der Waals surface area contributed by atoms with Crippen LogP contribution in [0.25, 0.3) is 0 Å². The third-order valence-corrected chi connectivity index (χ3v) is 3.90. The quantitative estimate of drug-likeness (QED) is 0.903. The number of pyridine rings is 1. The number of nitrogens with zero attached hydrogens (tertiary/aromatic N) is 2. The first-order valence-electron chi connectivity index (χ1n) is 7.44. The molecule has 2 N–H and O–H groups in total. The molecule has 0 aromatic carbocycles. The molecule has 1 aromatic rings. The van der Waals surface area contributed by atoms with Gasteiger partial charge in [-0.1, -0.05) is 6.07 Å². The van der Waals surface area contributed by atoms with Crippen LogP contribution in [-0.2, 0) is 14.9 Å². The van der Waals surface area contributed by atoms with Gasteiger partial charge in [0, 0.05) is 19.3 Å². The lowest BCUT2D eigenvalue weighted by molar-refractivity contribution is -0.125. The summed E-state index contributed by atoms with van der Waals surface area (Å²) in [6.07, 6.45) is 2.21. The van der Waals surface area contributed by atoms with E-state index in [-0.39, 0.29) is 6.09 Å². The average Bonchev–Trinajstić information content (AvgIpc) is 2.46. The fraction of sp³-hybridized carbons (Fsp3) is 0.562. The summed E-state index contributed by atoms with van der Waals surface area (Å²) >= 11 is 0. The van der Waals surface area contributed by atoms with Crippen molar-refractivity contribution in [3.05, 3.63) is 30.1 Å². The first-order valence-corrected chi connectivity index (χ1v) is 7.44. The average molecular weight is 305 g/mol. The van der Waals surface area contributed by atoms with Crippen LogP contribution in [0.15, 0.2) is 24.4 Å². The van der Waals surface area contributed by atoms with Crippen LogP contribution in [0.3, 0.4) is 0 Å². The summed E-state index contributed by atoms with van der Waals surface area (Å²) in [5, 5.41) is 0. The summed E-state index contributed by atoms with van der Waals surface area (Å²) in [6, 6.07) is 5.45. The Morgan fingerprint density at radius 2 is 1.91 bits per heavy atom. The Morgan fingerprint density at radius 3 is 2.36 bits per heavy atom. The van der Waals surface area contributed by atoms with Crippen molar-refractivity contribution in [2.75, 3.05) is 13.1 Å². The number of ether oxygens (including phenoxy) is 1. The van der Waals surface area contributed by atoms with Crippen LogP contribution in [0.2, 0.25) is 0 Å². The monoisotopic (exact) mass is 305 g/mol. The molecule has 0 radical (unpaired) electrons. The highest BCUT2D eigenvalue weighted by Crippen LogP contribution is 2.34. The minimum absolute atomic E-state index is 0.355. The van der Waals surface area contributed by atoms with Crippen LogP contribution >= 0.6 is 0 Å². The van der Waals surface area contributed by atoms with Gasteiger partial charge in [0.25, 0.3) is 0 Å². The molecule has 0 atom stereocenters. The fourth-order valence-corrected chi connectivity index (χ4v) is 2.67. The number of nitrogens with two attached hydrogens (primary N) is 1. The molecule has 1 aliphatic heterocycles. The Labute approximate surface area is 130 Å². The van der Waals surface area contributed by atoms with E-state index in [2.05, 4.69) is 4.98 Å². The molecule has 0 bridgehead atoms. The SMILES string of the molecule is CC(C)(C)OC(=O)N1CCC(C(N)=O)(c2ccccn2)CC1. The second kappa shape index (κ2) is 5.94. The zero-order chi connectivity index (χ0) is 16.4. The van der Waals surface area contributed by atoms with Crippen LogP contribution in [0.5, 0.6) is 0 Å². The number of aromatic nitrogens is 1. The number of primary amides is 1. The topological polar surface area (TPSA) is 85.5 Å². The van der Waals surface area contributed by atoms with Crippen LogP contribution in [0.4, 0.5) is 4.79 Å². The molecule has 2 rings (SSSR count). The lowest BCUT2D eigenvalue weighted by Gasteiger charge is -2.39. The van der Waals surface area contributed by atoms with Crippen molar-refractivity contribution in [1.29, 1.82) is 0 Å². The van der Waals surface area contributed by atoms with E-state index in [0.29, 0.717) is 31.6 Å². The fourth-order valence-electron chi connectivity index (χ4n) is 2.67. The number of amides is 2. The standard InChI is InChI=1S/C16H23N3O3/c1-15(2,3)22-14(21)19-10-7-16(8-11-19,13(17)20)12-6-4-5-9-18-12/h4-6,9H,7-8,10-11H2,1-3H3,(H2,17,20). The molecular weight excluding hydrogens is 282 g/mol. The van der Waals surface area contributed by atoms with E-state index in [9.17, 15) is 9.59 Å². The van der Waals surface area contributed by atoms with Gasteiger partial charge in [0.15, 0.2) is 0 Å². The zero-order valence-corrected chi connectivity index (χ0v) is 13.3. The number of carbonyl (C=O) groups excluding carboxylic acids is 2. The van der Waals surface area contributed by atoms with Crippen LogP contribution in [-0.4, -0.2) is 40.6 Å². The van der Waals surface area contributed by atoms with Gasteiger partial charge < -0.3 is 15.4 Å². The third kappa shape index (κ3) is 3.37. The molecule has 0 aliphatic carbocycles. The summed E-state index contributed by atoms with van der Waals surface area (Å²) in [5.41, 5.74) is 4.98. The van der Waals surface area contributed by atoms with Crippen molar-refractivity contribution in [3.63, 3.8) is 0 Å². The number of hydrogen-bond acceptors (Lipinski definition) is 4. The van der Waals surface area contributed by atoms with Crippen molar-refractivity contribution in [3.8, 4) is 0 Å². The Morgan fingerprint density at radius 1 is 1.27 bits per heavy atom. The first kappa shape index (κ1) is 16.3. The minimum Gasteiger partial charge on any atom is -0.444 e. The maximum atomic E-state index is 12.1. The molecule has 6 heteroatoms. The molecule has 1 saturated heterocycles. The molecule has 1 aliphatic rings. The number of carbonyl (C=O) groups is 2. The van der Waals surface area contributed by atoms with Crippen molar-refractivity contribution in [1.82, 2.24) is 9.88 Å². The molecule has 1 fully saturated rings. The number of likely N-dealkylation sites (tertiary alicyclic amines) is 1. The van der Waals surface area contributed by atoms with Gasteiger partial charge >= 0.3 is 6.09 Å². The summed E-state index contributed by atoms with van der Waals surface area (Å²) in [6.45, 7) is 6.34. The van der Waals surface area contributed by atoms with Gasteiger partial charge in [0.1, 0.15) is 5.60 Å². The van der Waals surface area contributed by atoms with Crippen LogP contribution < -0.4 is 5.73 Å². The molecule has 6 nitrogen and oxygen atoms in total. The third-order valence-electron chi connectivity index (χ3n) is 3.90. The second-order valence-corrected chi connectivity index (χ2v) is 6.63. The lowest BCUT2D eigenvalue weighted by Crippen LogP contribution is -2.52. The smallest absolute Gasteiger partial charge is 0.410 e. The van der Waals surface area contributed by atoms with E-state index in [0.717, 1.165) is 0 Å². The van der Waals surface area contributed by atoms with Gasteiger partial charge in [-0.2, -0.15) is 0 Å². The molecule has 120 valence electrons. The van der Waals surface area contributed by atoms with E-state index in [1.807, 2.05) is 32.9 Å². The predicted octanol–water partition coefficient (Wildman–Crippen LogP) is 1.84. The Kier molecular flexibility index (Phi) is 4.39. The molecule has 0 unspecified atom stereocenters. The highest BCUT2D eigenvalue weighted by atomic mass is 16.6. The van der Waals surface area contributed by atoms with E-state index in [4.69, 9.17) is 10.5 Å². The molecule has 2 amide bonds. The van der Waals surface area contributed by atoms with Crippen LogP contribution in [0.1, 0.15) is 39.3 Å². The number of rotatable bonds is 2. The largest absolute Gasteiger partial charge is 0.444 e. The molecule has 0 saturated carbocycles. The molecule has 0 spiro atoms. The highest BCUT2D eigenvalue weighted by molar-refractivity contribution is 5.86. The van der Waals surface area contributed by atoms with Gasteiger partial charge in [-0.15, -0.1) is 0 Å². The van der Waals surface area contributed by atoms with Gasteiger partial charge in [-0.05, 0) is 45.7 Å². The number of hydrogen-bond donors (Lipinski definition) is 1. The molecular formula is C16H23N3O3. The van der Waals surface area contributed by atoms with Crippen molar-refractivity contribution < 1.29 is 14.3 Å². The Bertz CT molecular complexity index is 544. The van der Waals surface area contributed by atoms with E-state index in [1.54, 1.807) is 17.2 Å². The van der Waals surface area contributed by atoms with Gasteiger partial charge in [-0.3, -0.25) is 9.78 Å². The Hall–Kier alpha value is -2.11. The van der Waals surface area contributed by atoms with Gasteiger partial charge in [-0.25, -0.2) is 4.79 Å². The maximum absolute atomic E-state index is 12.1. The molecule has 1 aromatic heterocycles. The Balaban J connectivity index is 2.11. The lowest BCUT2D eigenvalue weighted by atomic mass is 9.74. The minimum atomic E-state index is -0.806. The van der Waals surface area contributed by atoms with Gasteiger partial charge in [0.2, 0.25) is 5.91 Å². The van der Waals surface area contributed by atoms with E-state index in [1.165, 1.54) is 0 Å². The van der Waals surface area contributed by atoms with Crippen molar-refractivity contribution in [2.45, 2.75) is 44.6 Å². The van der Waals surface area contributed by atoms with Crippen molar-refractivity contribution in [2.24, 2.45) is 5.73 Å². The summed E-state index contributed by atoms with van der Waals surface area (Å²) in [7, 11) is 0. The van der Waals surface area contributed by atoms with Gasteiger partial charge in [0.05, 0.1) is 11.1 Å². The summed E-state index contributed by atoms with van der Waals surface area (Å²) in [4.78, 5) is 30.0. The van der Waals surface area contributed by atoms with E-state index < -0.39 is 16.9 Å². The number of piperidine rings is 1. The van der Waals surface area contributed by atoms with E-state index >= 15 is 0 Å². The van der Waals surface area contributed by atoms with Crippen molar-refractivity contribution >= 4 is 12.0 Å². The zero-order valence-electron chi connectivity index (χ0n) is 13.3. The van der Waals surface area contributed by atoms with Crippen LogP contribution in [0, 0.1) is 0 Å². The predicted molar refractivity (Wildman–Crippen MR) is 82.2 cm³/mol. The normalized spacial score (nSPS) is 17.9. The molecule has 22 heavy (non-hydrogen) atoms. The first-order chi connectivity index (χ1) is 10.2. The summed E-state index contributed by atoms with van der Waals surface area (Å²) < 4.78 is 5.37. The maximum Gasteiger partial charge on any atom is 0.410 e. The molecule has 2 heterocycles. The second-order valence-electron chi connectivity index (χ2n) is 6.63.